The van der Waals surface area contributed by atoms with Crippen LogP contribution in [0.4, 0.5) is 0 Å². The van der Waals surface area contributed by atoms with Crippen molar-refractivity contribution >= 4 is 0 Å². The molecule has 86 valence electrons. The highest BCUT2D eigenvalue weighted by Crippen LogP contribution is 2.30. The minimum absolute atomic E-state index is 0.846. The van der Waals surface area contributed by atoms with E-state index in [0.717, 1.165) is 25.2 Å². The van der Waals surface area contributed by atoms with Crippen molar-refractivity contribution in [1.29, 1.82) is 0 Å². The molecule has 2 heterocycles. The molecule has 1 aromatic carbocycles. The van der Waals surface area contributed by atoms with Gasteiger partial charge in [-0.15, -0.1) is 0 Å². The molecular weight excluding hydrogens is 210 g/mol. The van der Waals surface area contributed by atoms with Crippen LogP contribution in [-0.2, 0) is 6.42 Å². The van der Waals surface area contributed by atoms with Crippen molar-refractivity contribution in [2.24, 2.45) is 0 Å². The van der Waals surface area contributed by atoms with E-state index in [-0.39, 0.29) is 0 Å². The Hall–Kier alpha value is -1.83. The predicted octanol–water partition coefficient (Wildman–Crippen LogP) is 3.38. The van der Waals surface area contributed by atoms with Gasteiger partial charge in [-0.1, -0.05) is 6.07 Å². The first-order chi connectivity index (χ1) is 8.34. The van der Waals surface area contributed by atoms with E-state index in [1.165, 1.54) is 22.3 Å². The molecule has 0 unspecified atom stereocenters. The molecule has 0 saturated heterocycles. The normalized spacial score (nSPS) is 13.9. The van der Waals surface area contributed by atoms with Crippen LogP contribution in [0.2, 0.25) is 0 Å². The summed E-state index contributed by atoms with van der Waals surface area (Å²) < 4.78 is 5.63. The molecule has 2 nitrogen and oxygen atoms in total. The Bertz CT molecular complexity index is 548. The number of aryl methyl sites for hydroxylation is 2. The van der Waals surface area contributed by atoms with Crippen molar-refractivity contribution in [3.8, 4) is 16.9 Å². The average molecular weight is 225 g/mol. The van der Waals surface area contributed by atoms with Crippen molar-refractivity contribution < 1.29 is 4.74 Å². The summed E-state index contributed by atoms with van der Waals surface area (Å²) in [6.45, 7) is 2.96. The van der Waals surface area contributed by atoms with Gasteiger partial charge in [-0.3, -0.25) is 4.98 Å². The van der Waals surface area contributed by atoms with Crippen molar-refractivity contribution in [2.75, 3.05) is 6.61 Å². The van der Waals surface area contributed by atoms with Gasteiger partial charge in [0.15, 0.2) is 0 Å². The maximum Gasteiger partial charge on any atom is 0.122 e. The van der Waals surface area contributed by atoms with Crippen molar-refractivity contribution in [3.05, 3.63) is 47.8 Å². The number of benzene rings is 1. The molecular formula is C15H15NO. The van der Waals surface area contributed by atoms with Gasteiger partial charge < -0.3 is 4.74 Å². The van der Waals surface area contributed by atoms with E-state index in [1.54, 1.807) is 0 Å². The van der Waals surface area contributed by atoms with Crippen LogP contribution in [0, 0.1) is 6.92 Å². The minimum atomic E-state index is 0.846. The Morgan fingerprint density at radius 1 is 1.24 bits per heavy atom. The summed E-state index contributed by atoms with van der Waals surface area (Å²) in [5, 5.41) is 0. The molecule has 0 saturated carbocycles. The van der Waals surface area contributed by atoms with Crippen molar-refractivity contribution in [2.45, 2.75) is 19.8 Å². The summed E-state index contributed by atoms with van der Waals surface area (Å²) in [5.41, 5.74) is 5.02. The summed E-state index contributed by atoms with van der Waals surface area (Å²) in [7, 11) is 0. The lowest BCUT2D eigenvalue weighted by Crippen LogP contribution is -2.08. The highest BCUT2D eigenvalue weighted by Gasteiger charge is 2.11. The lowest BCUT2D eigenvalue weighted by molar-refractivity contribution is 0.288. The number of hydrogen-bond acceptors (Lipinski definition) is 2. The lowest BCUT2D eigenvalue weighted by Gasteiger charge is -2.18. The average Bonchev–Trinajstić information content (AvgIpc) is 2.39. The van der Waals surface area contributed by atoms with Gasteiger partial charge in [0.25, 0.3) is 0 Å². The number of rotatable bonds is 1. The maximum atomic E-state index is 5.63. The van der Waals surface area contributed by atoms with Crippen LogP contribution in [0.3, 0.4) is 0 Å². The van der Waals surface area contributed by atoms with Gasteiger partial charge in [-0.05, 0) is 54.7 Å². The van der Waals surface area contributed by atoms with Crippen LogP contribution in [0.1, 0.15) is 17.5 Å². The Balaban J connectivity index is 2.07. The molecule has 2 aromatic rings. The fraction of sp³-hybridized carbons (Fsp3) is 0.267. The minimum Gasteiger partial charge on any atom is -0.493 e. The largest absolute Gasteiger partial charge is 0.493 e. The monoisotopic (exact) mass is 225 g/mol. The number of aromatic nitrogens is 1. The van der Waals surface area contributed by atoms with Crippen molar-refractivity contribution in [1.82, 2.24) is 4.98 Å². The molecule has 0 amide bonds. The van der Waals surface area contributed by atoms with E-state index in [2.05, 4.69) is 30.1 Å². The molecule has 3 rings (SSSR count). The van der Waals surface area contributed by atoms with Gasteiger partial charge in [0, 0.05) is 18.0 Å². The first-order valence-electron chi connectivity index (χ1n) is 6.01. The van der Waals surface area contributed by atoms with E-state index in [4.69, 9.17) is 4.74 Å². The number of ether oxygens (including phenoxy) is 1. The quantitative estimate of drug-likeness (QED) is 0.742. The summed E-state index contributed by atoms with van der Waals surface area (Å²) in [6, 6.07) is 8.48. The summed E-state index contributed by atoms with van der Waals surface area (Å²) in [4.78, 5) is 4.20. The molecule has 2 heteroatoms. The van der Waals surface area contributed by atoms with E-state index >= 15 is 0 Å². The zero-order valence-electron chi connectivity index (χ0n) is 9.94. The Morgan fingerprint density at radius 3 is 3.06 bits per heavy atom. The Labute approximate surface area is 101 Å². The molecule has 0 atom stereocenters. The maximum absolute atomic E-state index is 5.63. The van der Waals surface area contributed by atoms with E-state index < -0.39 is 0 Å². The van der Waals surface area contributed by atoms with Crippen LogP contribution >= 0.6 is 0 Å². The summed E-state index contributed by atoms with van der Waals surface area (Å²) >= 11 is 0. The lowest BCUT2D eigenvalue weighted by atomic mass is 9.98. The molecule has 0 bridgehead atoms. The van der Waals surface area contributed by atoms with E-state index in [9.17, 15) is 0 Å². The van der Waals surface area contributed by atoms with Gasteiger partial charge >= 0.3 is 0 Å². The first-order valence-corrected chi connectivity index (χ1v) is 6.01. The highest BCUT2D eigenvalue weighted by molar-refractivity contribution is 5.68. The fourth-order valence-electron chi connectivity index (χ4n) is 2.29. The SMILES string of the molecule is Cc1ccncc1-c1ccc2c(c1)CCCO2. The third-order valence-corrected chi connectivity index (χ3v) is 3.26. The third kappa shape index (κ3) is 1.91. The second-order valence-electron chi connectivity index (χ2n) is 4.47. The van der Waals surface area contributed by atoms with E-state index in [1.807, 2.05) is 18.5 Å². The fourth-order valence-corrected chi connectivity index (χ4v) is 2.29. The van der Waals surface area contributed by atoms with Crippen LogP contribution in [0.15, 0.2) is 36.7 Å². The Kier molecular flexibility index (Phi) is 2.56. The number of hydrogen-bond donors (Lipinski definition) is 0. The molecule has 1 aliphatic rings. The third-order valence-electron chi connectivity index (χ3n) is 3.26. The molecule has 0 N–H and O–H groups in total. The first kappa shape index (κ1) is 10.3. The standard InChI is InChI=1S/C15H15NO/c1-11-6-7-16-10-14(11)12-4-5-15-13(9-12)3-2-8-17-15/h4-7,9-10H,2-3,8H2,1H3. The zero-order valence-corrected chi connectivity index (χ0v) is 9.94. The molecule has 1 aliphatic heterocycles. The number of pyridine rings is 1. The highest BCUT2D eigenvalue weighted by atomic mass is 16.5. The zero-order chi connectivity index (χ0) is 11.7. The molecule has 1 aromatic heterocycles. The molecule has 0 radical (unpaired) electrons. The summed E-state index contributed by atoms with van der Waals surface area (Å²) in [6.07, 6.45) is 5.99. The number of nitrogens with zero attached hydrogens (tertiary/aromatic N) is 1. The van der Waals surface area contributed by atoms with Crippen molar-refractivity contribution in [3.63, 3.8) is 0 Å². The van der Waals surface area contributed by atoms with Crippen LogP contribution in [0.25, 0.3) is 11.1 Å². The van der Waals surface area contributed by atoms with Gasteiger partial charge in [-0.25, -0.2) is 0 Å². The predicted molar refractivity (Wildman–Crippen MR) is 68.2 cm³/mol. The van der Waals surface area contributed by atoms with Gasteiger partial charge in [0.2, 0.25) is 0 Å². The van der Waals surface area contributed by atoms with Crippen LogP contribution in [-0.4, -0.2) is 11.6 Å². The van der Waals surface area contributed by atoms with Gasteiger partial charge in [0.1, 0.15) is 5.75 Å². The Morgan fingerprint density at radius 2 is 2.18 bits per heavy atom. The molecule has 0 fully saturated rings. The molecule has 0 spiro atoms. The van der Waals surface area contributed by atoms with Gasteiger partial charge in [0.05, 0.1) is 6.61 Å². The van der Waals surface area contributed by atoms with Crippen LogP contribution in [0.5, 0.6) is 5.75 Å². The van der Waals surface area contributed by atoms with Gasteiger partial charge in [-0.2, -0.15) is 0 Å². The summed E-state index contributed by atoms with van der Waals surface area (Å²) in [5.74, 6) is 1.04. The smallest absolute Gasteiger partial charge is 0.122 e. The molecule has 0 aliphatic carbocycles. The number of fused-ring (bicyclic) bond motifs is 1. The topological polar surface area (TPSA) is 22.1 Å². The second-order valence-corrected chi connectivity index (χ2v) is 4.47. The second kappa shape index (κ2) is 4.21. The van der Waals surface area contributed by atoms with Crippen LogP contribution < -0.4 is 4.74 Å². The molecule has 17 heavy (non-hydrogen) atoms. The van der Waals surface area contributed by atoms with E-state index in [0.29, 0.717) is 0 Å².